The lowest BCUT2D eigenvalue weighted by atomic mass is 10.3. The van der Waals surface area contributed by atoms with E-state index in [-0.39, 0.29) is 0 Å². The minimum absolute atomic E-state index is 0.391. The van der Waals surface area contributed by atoms with E-state index in [4.69, 9.17) is 0 Å². The van der Waals surface area contributed by atoms with Crippen molar-refractivity contribution in [1.82, 2.24) is 19.7 Å². The number of halogens is 3. The first-order valence-corrected chi connectivity index (χ1v) is 5.39. The molecule has 0 aliphatic rings. The van der Waals surface area contributed by atoms with E-state index in [0.717, 1.165) is 10.4 Å². The Bertz CT molecular complexity index is 533. The van der Waals surface area contributed by atoms with Crippen LogP contribution in [0, 0.1) is 0 Å². The van der Waals surface area contributed by atoms with Gasteiger partial charge in [-0.3, -0.25) is 9.67 Å². The molecule has 18 heavy (non-hydrogen) atoms. The van der Waals surface area contributed by atoms with Crippen LogP contribution in [-0.2, 0) is 13.0 Å². The van der Waals surface area contributed by atoms with Crippen LogP contribution in [0.4, 0.5) is 13.2 Å². The molecule has 0 saturated heterocycles. The Hall–Kier alpha value is -1.92. The van der Waals surface area contributed by atoms with E-state index in [1.165, 1.54) is 18.5 Å². The first-order chi connectivity index (χ1) is 8.48. The van der Waals surface area contributed by atoms with Gasteiger partial charge in [0.05, 0.1) is 11.9 Å². The first-order valence-electron chi connectivity index (χ1n) is 5.39. The van der Waals surface area contributed by atoms with Crippen molar-refractivity contribution >= 4 is 0 Å². The zero-order valence-electron chi connectivity index (χ0n) is 9.65. The van der Waals surface area contributed by atoms with Crippen molar-refractivity contribution in [3.8, 4) is 11.4 Å². The van der Waals surface area contributed by atoms with Gasteiger partial charge in [0, 0.05) is 12.4 Å². The lowest BCUT2D eigenvalue weighted by molar-refractivity contribution is -0.142. The van der Waals surface area contributed by atoms with Crippen molar-refractivity contribution in [3.05, 3.63) is 30.4 Å². The highest BCUT2D eigenvalue weighted by molar-refractivity contribution is 5.51. The molecule has 0 aromatic carbocycles. The van der Waals surface area contributed by atoms with Crippen molar-refractivity contribution in [2.75, 3.05) is 0 Å². The van der Waals surface area contributed by atoms with Gasteiger partial charge in [0.2, 0.25) is 0 Å². The molecule has 4 nitrogen and oxygen atoms in total. The Morgan fingerprint density at radius 2 is 2.00 bits per heavy atom. The number of nitrogens with zero attached hydrogens (tertiary/aromatic N) is 4. The van der Waals surface area contributed by atoms with E-state index in [2.05, 4.69) is 15.1 Å². The Morgan fingerprint density at radius 1 is 1.22 bits per heavy atom. The maximum atomic E-state index is 12.2. The molecule has 0 unspecified atom stereocenters. The molecule has 96 valence electrons. The van der Waals surface area contributed by atoms with Crippen LogP contribution in [0.5, 0.6) is 0 Å². The number of alkyl halides is 3. The molecule has 0 spiro atoms. The van der Waals surface area contributed by atoms with Gasteiger partial charge in [-0.1, -0.05) is 6.92 Å². The summed E-state index contributed by atoms with van der Waals surface area (Å²) in [6, 6.07) is 1.50. The first kappa shape index (κ1) is 12.5. The quantitative estimate of drug-likeness (QED) is 0.847. The minimum Gasteiger partial charge on any atom is -0.263 e. The van der Waals surface area contributed by atoms with Crippen LogP contribution in [0.1, 0.15) is 12.6 Å². The second-order valence-corrected chi connectivity index (χ2v) is 3.76. The summed E-state index contributed by atoms with van der Waals surface area (Å²) < 4.78 is 37.4. The van der Waals surface area contributed by atoms with Crippen molar-refractivity contribution in [3.63, 3.8) is 0 Å². The van der Waals surface area contributed by atoms with Gasteiger partial charge in [0.25, 0.3) is 0 Å². The number of hydrogen-bond donors (Lipinski definition) is 0. The van der Waals surface area contributed by atoms with E-state index in [0.29, 0.717) is 17.8 Å². The molecule has 2 aromatic rings. The van der Waals surface area contributed by atoms with E-state index in [1.54, 1.807) is 6.20 Å². The summed E-state index contributed by atoms with van der Waals surface area (Å²) in [5.41, 5.74) is 1.65. The van der Waals surface area contributed by atoms with Gasteiger partial charge in [0.1, 0.15) is 17.9 Å². The van der Waals surface area contributed by atoms with Gasteiger partial charge >= 0.3 is 6.18 Å². The third kappa shape index (κ3) is 3.06. The van der Waals surface area contributed by atoms with Crippen LogP contribution in [0.2, 0.25) is 0 Å². The summed E-state index contributed by atoms with van der Waals surface area (Å²) in [6.07, 6.45) is 0.823. The normalized spacial score (nSPS) is 11.8. The molecular weight excluding hydrogens is 245 g/mol. The maximum absolute atomic E-state index is 12.2. The van der Waals surface area contributed by atoms with Crippen LogP contribution >= 0.6 is 0 Å². The Balaban J connectivity index is 2.23. The van der Waals surface area contributed by atoms with E-state index in [9.17, 15) is 13.2 Å². The van der Waals surface area contributed by atoms with E-state index >= 15 is 0 Å². The van der Waals surface area contributed by atoms with Crippen molar-refractivity contribution in [2.24, 2.45) is 0 Å². The monoisotopic (exact) mass is 256 g/mol. The van der Waals surface area contributed by atoms with Gasteiger partial charge in [-0.25, -0.2) is 4.98 Å². The topological polar surface area (TPSA) is 43.6 Å². The van der Waals surface area contributed by atoms with Gasteiger partial charge in [-0.05, 0) is 12.5 Å². The molecule has 0 bridgehead atoms. The molecule has 0 aliphatic carbocycles. The Morgan fingerprint density at radius 3 is 2.67 bits per heavy atom. The number of aryl methyl sites for hydroxylation is 1. The highest BCUT2D eigenvalue weighted by Crippen LogP contribution is 2.19. The fourth-order valence-electron chi connectivity index (χ4n) is 1.47. The SMILES string of the molecule is CCc1cncc(-c2ccn(CC(F)(F)F)n2)n1. The summed E-state index contributed by atoms with van der Waals surface area (Å²) in [5, 5.41) is 3.84. The standard InChI is InChI=1S/C11H11F3N4/c1-2-8-5-15-6-10(16-8)9-3-4-18(17-9)7-11(12,13)14/h3-6H,2,7H2,1H3. The zero-order valence-corrected chi connectivity index (χ0v) is 9.65. The van der Waals surface area contributed by atoms with Crippen LogP contribution in [0.25, 0.3) is 11.4 Å². The number of rotatable bonds is 3. The predicted molar refractivity (Wildman–Crippen MR) is 58.7 cm³/mol. The van der Waals surface area contributed by atoms with E-state index < -0.39 is 12.7 Å². The van der Waals surface area contributed by atoms with Crippen LogP contribution in [0.3, 0.4) is 0 Å². The summed E-state index contributed by atoms with van der Waals surface area (Å²) in [6.45, 7) is 0.823. The lowest BCUT2D eigenvalue weighted by Crippen LogP contribution is -2.17. The van der Waals surface area contributed by atoms with Gasteiger partial charge < -0.3 is 0 Å². The smallest absolute Gasteiger partial charge is 0.263 e. The summed E-state index contributed by atoms with van der Waals surface area (Å²) in [4.78, 5) is 8.23. The molecule has 0 amide bonds. The van der Waals surface area contributed by atoms with Crippen LogP contribution in [-0.4, -0.2) is 25.9 Å². The number of hydrogen-bond acceptors (Lipinski definition) is 3. The van der Waals surface area contributed by atoms with Crippen LogP contribution in [0.15, 0.2) is 24.7 Å². The molecule has 0 radical (unpaired) electrons. The molecule has 2 aromatic heterocycles. The van der Waals surface area contributed by atoms with Gasteiger partial charge in [-0.2, -0.15) is 18.3 Å². The average Bonchev–Trinajstić information content (AvgIpc) is 2.75. The van der Waals surface area contributed by atoms with Gasteiger partial charge in [0.15, 0.2) is 0 Å². The van der Waals surface area contributed by atoms with Crippen molar-refractivity contribution in [1.29, 1.82) is 0 Å². The Kier molecular flexibility index (Phi) is 3.31. The minimum atomic E-state index is -4.28. The van der Waals surface area contributed by atoms with Gasteiger partial charge in [-0.15, -0.1) is 0 Å². The molecule has 0 saturated carbocycles. The predicted octanol–water partition coefficient (Wildman–Crippen LogP) is 2.46. The molecular formula is C11H11F3N4. The van der Waals surface area contributed by atoms with Crippen LogP contribution < -0.4 is 0 Å². The highest BCUT2D eigenvalue weighted by atomic mass is 19.4. The fourth-order valence-corrected chi connectivity index (χ4v) is 1.47. The third-order valence-electron chi connectivity index (χ3n) is 2.29. The zero-order chi connectivity index (χ0) is 13.2. The lowest BCUT2D eigenvalue weighted by Gasteiger charge is -2.05. The van der Waals surface area contributed by atoms with Crippen molar-refractivity contribution in [2.45, 2.75) is 26.1 Å². The molecule has 0 fully saturated rings. The number of aromatic nitrogens is 4. The largest absolute Gasteiger partial charge is 0.408 e. The summed E-state index contributed by atoms with van der Waals surface area (Å²) in [5.74, 6) is 0. The average molecular weight is 256 g/mol. The fraction of sp³-hybridized carbons (Fsp3) is 0.364. The maximum Gasteiger partial charge on any atom is 0.408 e. The highest BCUT2D eigenvalue weighted by Gasteiger charge is 2.28. The van der Waals surface area contributed by atoms with E-state index in [1.807, 2.05) is 6.92 Å². The summed E-state index contributed by atoms with van der Waals surface area (Å²) in [7, 11) is 0. The second-order valence-electron chi connectivity index (χ2n) is 3.76. The second kappa shape index (κ2) is 4.75. The molecule has 0 N–H and O–H groups in total. The molecule has 2 rings (SSSR count). The third-order valence-corrected chi connectivity index (χ3v) is 2.29. The summed E-state index contributed by atoms with van der Waals surface area (Å²) >= 11 is 0. The molecule has 0 atom stereocenters. The molecule has 2 heterocycles. The molecule has 7 heteroatoms. The Labute approximate surface area is 101 Å². The van der Waals surface area contributed by atoms with Crippen molar-refractivity contribution < 1.29 is 13.2 Å². The molecule has 0 aliphatic heterocycles.